The minimum absolute atomic E-state index is 0.294. The van der Waals surface area contributed by atoms with Crippen molar-refractivity contribution in [2.24, 2.45) is 11.1 Å². The SMILES string of the molecule is CC(C)(CC(N)c1cc(Cl)ccc1Cl)C(=O)O. The molecule has 1 aromatic rings. The van der Waals surface area contributed by atoms with E-state index in [9.17, 15) is 4.79 Å². The molecule has 0 fully saturated rings. The summed E-state index contributed by atoms with van der Waals surface area (Å²) in [6.45, 7) is 3.27. The highest BCUT2D eigenvalue weighted by molar-refractivity contribution is 6.33. The maximum absolute atomic E-state index is 11.0. The number of hydrogen-bond donors (Lipinski definition) is 2. The van der Waals surface area contributed by atoms with Crippen molar-refractivity contribution in [3.8, 4) is 0 Å². The molecule has 1 aromatic carbocycles. The van der Waals surface area contributed by atoms with Gasteiger partial charge in [-0.2, -0.15) is 0 Å². The number of rotatable bonds is 4. The standard InChI is InChI=1S/C12H15Cl2NO2/c1-12(2,11(16)17)6-10(15)8-5-7(13)3-4-9(8)14/h3-5,10H,6,15H2,1-2H3,(H,16,17). The van der Waals surface area contributed by atoms with Crippen molar-refractivity contribution in [1.82, 2.24) is 0 Å². The maximum Gasteiger partial charge on any atom is 0.309 e. The van der Waals surface area contributed by atoms with E-state index >= 15 is 0 Å². The second-order valence-electron chi connectivity index (χ2n) is 4.67. The van der Waals surface area contributed by atoms with Crippen LogP contribution in [0.15, 0.2) is 18.2 Å². The number of hydrogen-bond acceptors (Lipinski definition) is 2. The lowest BCUT2D eigenvalue weighted by Crippen LogP contribution is -2.29. The van der Waals surface area contributed by atoms with Crippen molar-refractivity contribution in [2.75, 3.05) is 0 Å². The number of carboxylic acid groups (broad SMARTS) is 1. The van der Waals surface area contributed by atoms with Gasteiger partial charge < -0.3 is 10.8 Å². The minimum Gasteiger partial charge on any atom is -0.481 e. The summed E-state index contributed by atoms with van der Waals surface area (Å²) < 4.78 is 0. The van der Waals surface area contributed by atoms with Gasteiger partial charge in [0, 0.05) is 16.1 Å². The summed E-state index contributed by atoms with van der Waals surface area (Å²) in [7, 11) is 0. The summed E-state index contributed by atoms with van der Waals surface area (Å²) in [6, 6.07) is 4.55. The van der Waals surface area contributed by atoms with E-state index in [1.165, 1.54) is 0 Å². The zero-order chi connectivity index (χ0) is 13.2. The molecule has 5 heteroatoms. The fourth-order valence-electron chi connectivity index (χ4n) is 1.55. The molecule has 17 heavy (non-hydrogen) atoms. The third kappa shape index (κ3) is 3.60. The third-order valence-electron chi connectivity index (χ3n) is 2.67. The summed E-state index contributed by atoms with van der Waals surface area (Å²) in [5.74, 6) is -0.883. The Bertz CT molecular complexity index is 433. The fraction of sp³-hybridized carbons (Fsp3) is 0.417. The summed E-state index contributed by atoms with van der Waals surface area (Å²) in [5.41, 5.74) is 5.76. The molecule has 1 rings (SSSR count). The number of carboxylic acids is 1. The normalized spacial score (nSPS) is 13.5. The summed E-state index contributed by atoms with van der Waals surface area (Å²) >= 11 is 11.9. The number of halogens is 2. The van der Waals surface area contributed by atoms with Gasteiger partial charge in [-0.25, -0.2) is 0 Å². The van der Waals surface area contributed by atoms with Crippen LogP contribution in [0.25, 0.3) is 0 Å². The van der Waals surface area contributed by atoms with Crippen LogP contribution in [-0.4, -0.2) is 11.1 Å². The highest BCUT2D eigenvalue weighted by atomic mass is 35.5. The predicted octanol–water partition coefficient (Wildman–Crippen LogP) is 3.49. The highest BCUT2D eigenvalue weighted by Gasteiger charge is 2.30. The molecule has 94 valence electrons. The van der Waals surface area contributed by atoms with Gasteiger partial charge in [0.1, 0.15) is 0 Å². The van der Waals surface area contributed by atoms with Crippen LogP contribution < -0.4 is 5.73 Å². The number of carbonyl (C=O) groups is 1. The third-order valence-corrected chi connectivity index (χ3v) is 3.25. The van der Waals surface area contributed by atoms with Crippen LogP contribution in [-0.2, 0) is 4.79 Å². The molecule has 0 aliphatic rings. The molecule has 0 heterocycles. The first-order valence-corrected chi connectivity index (χ1v) is 5.93. The molecule has 1 unspecified atom stereocenters. The first-order chi connectivity index (χ1) is 7.74. The molecular weight excluding hydrogens is 261 g/mol. The second kappa shape index (κ2) is 5.25. The summed E-state index contributed by atoms with van der Waals surface area (Å²) in [5, 5.41) is 10.1. The molecule has 0 saturated carbocycles. The Morgan fingerprint density at radius 1 is 1.47 bits per heavy atom. The van der Waals surface area contributed by atoms with Crippen molar-refractivity contribution >= 4 is 29.2 Å². The lowest BCUT2D eigenvalue weighted by Gasteiger charge is -2.24. The van der Waals surface area contributed by atoms with E-state index in [2.05, 4.69) is 0 Å². The lowest BCUT2D eigenvalue weighted by atomic mass is 9.84. The van der Waals surface area contributed by atoms with E-state index in [0.29, 0.717) is 22.0 Å². The number of benzene rings is 1. The van der Waals surface area contributed by atoms with Gasteiger partial charge in [-0.15, -0.1) is 0 Å². The van der Waals surface area contributed by atoms with Crippen molar-refractivity contribution < 1.29 is 9.90 Å². The van der Waals surface area contributed by atoms with Crippen LogP contribution >= 0.6 is 23.2 Å². The van der Waals surface area contributed by atoms with Gasteiger partial charge >= 0.3 is 5.97 Å². The Balaban J connectivity index is 2.94. The van der Waals surface area contributed by atoms with Crippen molar-refractivity contribution in [2.45, 2.75) is 26.3 Å². The Morgan fingerprint density at radius 2 is 2.06 bits per heavy atom. The molecule has 3 N–H and O–H groups in total. The van der Waals surface area contributed by atoms with E-state index in [1.54, 1.807) is 32.0 Å². The number of aliphatic carboxylic acids is 1. The second-order valence-corrected chi connectivity index (χ2v) is 5.51. The van der Waals surface area contributed by atoms with Gasteiger partial charge in [0.05, 0.1) is 5.41 Å². The molecule has 1 atom stereocenters. The van der Waals surface area contributed by atoms with Gasteiger partial charge in [-0.05, 0) is 44.0 Å². The molecule has 0 aromatic heterocycles. The van der Waals surface area contributed by atoms with E-state index in [-0.39, 0.29) is 0 Å². The largest absolute Gasteiger partial charge is 0.481 e. The Kier molecular flexibility index (Phi) is 4.42. The molecule has 3 nitrogen and oxygen atoms in total. The van der Waals surface area contributed by atoms with Crippen LogP contribution in [0.1, 0.15) is 31.9 Å². The van der Waals surface area contributed by atoms with E-state index in [4.69, 9.17) is 34.0 Å². The van der Waals surface area contributed by atoms with Crippen molar-refractivity contribution in [3.05, 3.63) is 33.8 Å². The Hall–Kier alpha value is -0.770. The van der Waals surface area contributed by atoms with E-state index in [1.807, 2.05) is 0 Å². The molecule has 0 aliphatic heterocycles. The molecule has 0 spiro atoms. The molecule has 0 radical (unpaired) electrons. The average molecular weight is 276 g/mol. The molecule has 0 amide bonds. The zero-order valence-electron chi connectivity index (χ0n) is 9.71. The van der Waals surface area contributed by atoms with Gasteiger partial charge in [0.2, 0.25) is 0 Å². The maximum atomic E-state index is 11.0. The van der Waals surface area contributed by atoms with Crippen LogP contribution in [0, 0.1) is 5.41 Å². The summed E-state index contributed by atoms with van der Waals surface area (Å²) in [4.78, 5) is 11.0. The van der Waals surface area contributed by atoms with Crippen LogP contribution in [0.3, 0.4) is 0 Å². The first-order valence-electron chi connectivity index (χ1n) is 5.18. The van der Waals surface area contributed by atoms with Gasteiger partial charge in [0.15, 0.2) is 0 Å². The molecule has 0 saturated heterocycles. The molecule has 0 aliphatic carbocycles. The van der Waals surface area contributed by atoms with Gasteiger partial charge in [-0.1, -0.05) is 23.2 Å². The average Bonchev–Trinajstić information content (AvgIpc) is 2.20. The van der Waals surface area contributed by atoms with Crippen LogP contribution in [0.2, 0.25) is 10.0 Å². The zero-order valence-corrected chi connectivity index (χ0v) is 11.2. The predicted molar refractivity (Wildman–Crippen MR) is 69.4 cm³/mol. The van der Waals surface area contributed by atoms with E-state index < -0.39 is 17.4 Å². The Morgan fingerprint density at radius 3 is 2.59 bits per heavy atom. The van der Waals surface area contributed by atoms with Gasteiger partial charge in [0.25, 0.3) is 0 Å². The fourth-order valence-corrected chi connectivity index (χ4v) is 1.98. The lowest BCUT2D eigenvalue weighted by molar-refractivity contribution is -0.147. The number of nitrogens with two attached hydrogens (primary N) is 1. The van der Waals surface area contributed by atoms with Crippen LogP contribution in [0.4, 0.5) is 0 Å². The van der Waals surface area contributed by atoms with Crippen molar-refractivity contribution in [3.63, 3.8) is 0 Å². The quantitative estimate of drug-likeness (QED) is 0.884. The smallest absolute Gasteiger partial charge is 0.309 e. The minimum atomic E-state index is -0.898. The topological polar surface area (TPSA) is 63.3 Å². The van der Waals surface area contributed by atoms with Crippen LogP contribution in [0.5, 0.6) is 0 Å². The monoisotopic (exact) mass is 275 g/mol. The highest BCUT2D eigenvalue weighted by Crippen LogP contribution is 2.33. The first kappa shape index (κ1) is 14.3. The Labute approximate surface area is 111 Å². The summed E-state index contributed by atoms with van der Waals surface area (Å²) in [6.07, 6.45) is 0.294. The molecule has 0 bridgehead atoms. The molecular formula is C12H15Cl2NO2. The van der Waals surface area contributed by atoms with Crippen molar-refractivity contribution in [1.29, 1.82) is 0 Å². The van der Waals surface area contributed by atoms with E-state index in [0.717, 1.165) is 0 Å². The van der Waals surface area contributed by atoms with Gasteiger partial charge in [-0.3, -0.25) is 4.79 Å².